The van der Waals surface area contributed by atoms with Crippen molar-refractivity contribution < 1.29 is 12.8 Å². The first-order valence-corrected chi connectivity index (χ1v) is 9.65. The number of anilines is 1. The number of hydrogen-bond acceptors (Lipinski definition) is 4. The lowest BCUT2D eigenvalue weighted by Gasteiger charge is -2.10. The summed E-state index contributed by atoms with van der Waals surface area (Å²) in [7, 11) is -4.06. The highest BCUT2D eigenvalue weighted by molar-refractivity contribution is 9.11. The van der Waals surface area contributed by atoms with Gasteiger partial charge in [0.2, 0.25) is 10.0 Å². The van der Waals surface area contributed by atoms with Gasteiger partial charge in [-0.15, -0.1) is 11.3 Å². The first-order chi connectivity index (χ1) is 9.72. The molecule has 2 rings (SSSR count). The van der Waals surface area contributed by atoms with Crippen molar-refractivity contribution in [2.45, 2.75) is 11.4 Å². The fraction of sp³-hybridized carbons (Fsp3) is 0.0909. The number of nitrogens with two attached hydrogens (primary N) is 1. The molecule has 0 radical (unpaired) electrons. The maximum atomic E-state index is 14.0. The van der Waals surface area contributed by atoms with Gasteiger partial charge in [0.1, 0.15) is 4.90 Å². The summed E-state index contributed by atoms with van der Waals surface area (Å²) in [6.07, 6.45) is 0. The largest absolute Gasteiger partial charge is 0.395 e. The molecule has 1 heterocycles. The molecule has 2 aromatic rings. The Morgan fingerprint density at radius 1 is 1.38 bits per heavy atom. The summed E-state index contributed by atoms with van der Waals surface area (Å²) < 4.78 is 41.7. The second kappa shape index (κ2) is 6.51. The molecular weight excluding hydrogens is 471 g/mol. The van der Waals surface area contributed by atoms with Gasteiger partial charge in [0.15, 0.2) is 5.82 Å². The molecule has 0 bridgehead atoms. The van der Waals surface area contributed by atoms with E-state index in [1.807, 2.05) is 0 Å². The van der Waals surface area contributed by atoms with Crippen LogP contribution >= 0.6 is 54.8 Å². The van der Waals surface area contributed by atoms with Crippen LogP contribution in [-0.2, 0) is 16.6 Å². The highest BCUT2D eigenvalue weighted by Crippen LogP contribution is 2.34. The third-order valence-corrected chi connectivity index (χ3v) is 6.92. The van der Waals surface area contributed by atoms with E-state index >= 15 is 0 Å². The topological polar surface area (TPSA) is 72.2 Å². The lowest BCUT2D eigenvalue weighted by Crippen LogP contribution is -2.24. The Hall–Kier alpha value is -0.190. The molecule has 1 aromatic heterocycles. The van der Waals surface area contributed by atoms with Crippen LogP contribution in [0.3, 0.4) is 0 Å². The molecule has 1 aromatic carbocycles. The van der Waals surface area contributed by atoms with Crippen LogP contribution in [0.25, 0.3) is 0 Å². The molecule has 0 unspecified atom stereocenters. The van der Waals surface area contributed by atoms with Gasteiger partial charge in [-0.1, -0.05) is 11.6 Å². The fourth-order valence-electron chi connectivity index (χ4n) is 1.49. The molecule has 4 nitrogen and oxygen atoms in total. The van der Waals surface area contributed by atoms with Crippen LogP contribution in [0.5, 0.6) is 0 Å². The monoisotopic (exact) mass is 476 g/mol. The molecular formula is C11H8Br2ClFN2O2S2. The van der Waals surface area contributed by atoms with E-state index < -0.39 is 20.7 Å². The van der Waals surface area contributed by atoms with Gasteiger partial charge in [-0.25, -0.2) is 17.5 Å². The highest BCUT2D eigenvalue weighted by atomic mass is 79.9. The summed E-state index contributed by atoms with van der Waals surface area (Å²) in [4.78, 5) is 0.200. The van der Waals surface area contributed by atoms with Crippen LogP contribution in [-0.4, -0.2) is 8.42 Å². The Labute approximate surface area is 146 Å². The molecule has 0 aliphatic rings. The van der Waals surface area contributed by atoms with Gasteiger partial charge in [0.05, 0.1) is 19.0 Å². The van der Waals surface area contributed by atoms with Crippen LogP contribution in [0.1, 0.15) is 4.88 Å². The Bertz CT molecular complexity index is 796. The van der Waals surface area contributed by atoms with E-state index in [-0.39, 0.29) is 21.7 Å². The number of thiophene rings is 1. The van der Waals surface area contributed by atoms with Crippen molar-refractivity contribution in [2.75, 3.05) is 5.73 Å². The Morgan fingerprint density at radius 3 is 2.62 bits per heavy atom. The molecule has 114 valence electrons. The zero-order chi connectivity index (χ0) is 15.8. The van der Waals surface area contributed by atoms with Gasteiger partial charge >= 0.3 is 0 Å². The molecule has 21 heavy (non-hydrogen) atoms. The summed E-state index contributed by atoms with van der Waals surface area (Å²) in [5.41, 5.74) is 5.14. The van der Waals surface area contributed by atoms with Crippen LogP contribution < -0.4 is 10.5 Å². The van der Waals surface area contributed by atoms with Gasteiger partial charge in [-0.05, 0) is 50.1 Å². The molecule has 0 spiro atoms. The number of nitrogen functional groups attached to an aromatic ring is 1. The minimum atomic E-state index is -4.06. The number of benzene rings is 1. The van der Waals surface area contributed by atoms with Crippen molar-refractivity contribution in [1.29, 1.82) is 0 Å². The van der Waals surface area contributed by atoms with Gasteiger partial charge < -0.3 is 5.73 Å². The lowest BCUT2D eigenvalue weighted by atomic mass is 10.3. The number of halogens is 4. The zero-order valence-corrected chi connectivity index (χ0v) is 15.7. The fourth-order valence-corrected chi connectivity index (χ4v) is 4.68. The number of hydrogen-bond donors (Lipinski definition) is 2. The highest BCUT2D eigenvalue weighted by Gasteiger charge is 2.24. The second-order valence-electron chi connectivity index (χ2n) is 3.93. The van der Waals surface area contributed by atoms with Crippen molar-refractivity contribution in [2.24, 2.45) is 0 Å². The Morgan fingerprint density at radius 2 is 2.05 bits per heavy atom. The second-order valence-corrected chi connectivity index (χ2v) is 9.41. The molecule has 0 saturated heterocycles. The van der Waals surface area contributed by atoms with Crippen LogP contribution in [0.2, 0.25) is 5.02 Å². The van der Waals surface area contributed by atoms with E-state index in [1.54, 1.807) is 12.1 Å². The minimum absolute atomic E-state index is 0.0214. The number of rotatable bonds is 4. The minimum Gasteiger partial charge on any atom is -0.395 e. The normalized spacial score (nSPS) is 11.8. The van der Waals surface area contributed by atoms with Crippen molar-refractivity contribution >= 4 is 70.5 Å². The third kappa shape index (κ3) is 3.77. The third-order valence-electron chi connectivity index (χ3n) is 2.51. The summed E-state index contributed by atoms with van der Waals surface area (Å²) >= 11 is 13.5. The summed E-state index contributed by atoms with van der Waals surface area (Å²) in [6, 6.07) is 4.57. The van der Waals surface area contributed by atoms with Crippen LogP contribution in [0.15, 0.2) is 31.4 Å². The maximum Gasteiger partial charge on any atom is 0.243 e. The molecule has 3 N–H and O–H groups in total. The van der Waals surface area contributed by atoms with Crippen molar-refractivity contribution in [1.82, 2.24) is 4.72 Å². The van der Waals surface area contributed by atoms with E-state index in [4.69, 9.17) is 17.3 Å². The molecule has 0 atom stereocenters. The average molecular weight is 479 g/mol. The van der Waals surface area contributed by atoms with E-state index in [0.717, 1.165) is 14.7 Å². The predicted molar refractivity (Wildman–Crippen MR) is 89.6 cm³/mol. The quantitative estimate of drug-likeness (QED) is 0.513. The van der Waals surface area contributed by atoms with Crippen molar-refractivity contribution in [3.63, 3.8) is 0 Å². The van der Waals surface area contributed by atoms with Crippen molar-refractivity contribution in [3.05, 3.63) is 42.2 Å². The molecule has 0 fully saturated rings. The van der Waals surface area contributed by atoms with E-state index in [0.29, 0.717) is 0 Å². The van der Waals surface area contributed by atoms with E-state index in [9.17, 15) is 12.8 Å². The SMILES string of the molecule is Nc1c(F)c(S(=O)(=O)NCc2ccc(Br)s2)cc(Cl)c1Br. The number of sulfonamides is 1. The lowest BCUT2D eigenvalue weighted by molar-refractivity contribution is 0.558. The summed E-state index contributed by atoms with van der Waals surface area (Å²) in [6.45, 7) is 0.0472. The predicted octanol–water partition coefficient (Wildman–Crippen LogP) is 4.13. The zero-order valence-electron chi connectivity index (χ0n) is 10.2. The maximum absolute atomic E-state index is 14.0. The van der Waals surface area contributed by atoms with E-state index in [1.165, 1.54) is 11.3 Å². The Balaban J connectivity index is 2.32. The molecule has 0 aliphatic carbocycles. The van der Waals surface area contributed by atoms with Crippen LogP contribution in [0, 0.1) is 5.82 Å². The van der Waals surface area contributed by atoms with E-state index in [2.05, 4.69) is 36.6 Å². The average Bonchev–Trinajstić information content (AvgIpc) is 2.84. The molecule has 0 amide bonds. The molecule has 0 saturated carbocycles. The molecule has 0 aliphatic heterocycles. The van der Waals surface area contributed by atoms with Gasteiger partial charge in [-0.3, -0.25) is 0 Å². The first kappa shape index (κ1) is 17.2. The smallest absolute Gasteiger partial charge is 0.243 e. The van der Waals surface area contributed by atoms with Crippen molar-refractivity contribution in [3.8, 4) is 0 Å². The van der Waals surface area contributed by atoms with Gasteiger partial charge in [0, 0.05) is 11.4 Å². The molecule has 10 heteroatoms. The standard InChI is InChI=1S/C11H8Br2ClFN2O2S2/c12-8-2-1-5(20-8)4-17-21(18,19)7-3-6(14)9(13)11(16)10(7)15/h1-3,17H,4,16H2. The number of nitrogens with one attached hydrogen (secondary N) is 1. The summed E-state index contributed by atoms with van der Waals surface area (Å²) in [5, 5.41) is 0.0214. The van der Waals surface area contributed by atoms with Gasteiger partial charge in [-0.2, -0.15) is 0 Å². The first-order valence-electron chi connectivity index (χ1n) is 5.39. The summed E-state index contributed by atoms with van der Waals surface area (Å²) in [5.74, 6) is -1.04. The Kier molecular flexibility index (Phi) is 5.32. The van der Waals surface area contributed by atoms with Crippen LogP contribution in [0.4, 0.5) is 10.1 Å². The van der Waals surface area contributed by atoms with Gasteiger partial charge in [0.25, 0.3) is 0 Å².